The van der Waals surface area contributed by atoms with E-state index in [1.807, 2.05) is 31.2 Å². The van der Waals surface area contributed by atoms with Crippen LogP contribution in [0.1, 0.15) is 44.7 Å². The number of nitrogens with two attached hydrogens (primary N) is 1. The molecule has 0 aliphatic heterocycles. The smallest absolute Gasteiger partial charge is 0.238 e. The van der Waals surface area contributed by atoms with E-state index >= 15 is 0 Å². The maximum Gasteiger partial charge on any atom is 0.238 e. The standard InChI is InChI=1S/C21H19NO5S/c1-12(13(2)23)15-8-6-14(7-9-15)10-16-11-18(24)20-17(21(16)25)4-3-5-19(20)28(22,26)27/h3-9,11-12,23H,2,10H2,1H3,(H2,22,26,27)/t12-/m0/s1. The van der Waals surface area contributed by atoms with Crippen molar-refractivity contribution in [2.24, 2.45) is 5.14 Å². The summed E-state index contributed by atoms with van der Waals surface area (Å²) in [6, 6.07) is 11.3. The third-order valence-electron chi connectivity index (χ3n) is 4.79. The van der Waals surface area contributed by atoms with Crippen molar-refractivity contribution in [1.29, 1.82) is 0 Å². The molecule has 2 aromatic rings. The zero-order valence-electron chi connectivity index (χ0n) is 15.2. The molecule has 0 unspecified atom stereocenters. The first-order valence-corrected chi connectivity index (χ1v) is 10.1. The van der Waals surface area contributed by atoms with Crippen molar-refractivity contribution < 1.29 is 23.1 Å². The highest BCUT2D eigenvalue weighted by Gasteiger charge is 2.30. The number of aliphatic hydroxyl groups excluding tert-OH is 1. The van der Waals surface area contributed by atoms with Crippen LogP contribution in [0.2, 0.25) is 0 Å². The Morgan fingerprint density at radius 1 is 1.14 bits per heavy atom. The maximum absolute atomic E-state index is 12.8. The van der Waals surface area contributed by atoms with Crippen LogP contribution in [0.25, 0.3) is 0 Å². The van der Waals surface area contributed by atoms with Crippen LogP contribution < -0.4 is 5.14 Å². The second-order valence-electron chi connectivity index (χ2n) is 6.72. The van der Waals surface area contributed by atoms with Gasteiger partial charge in [-0.2, -0.15) is 0 Å². The Kier molecular flexibility index (Phi) is 5.06. The summed E-state index contributed by atoms with van der Waals surface area (Å²) in [5, 5.41) is 14.7. The topological polar surface area (TPSA) is 115 Å². The lowest BCUT2D eigenvalue weighted by Crippen LogP contribution is -2.23. The number of allylic oxidation sites excluding steroid dienone is 3. The van der Waals surface area contributed by atoms with E-state index < -0.39 is 21.6 Å². The van der Waals surface area contributed by atoms with Gasteiger partial charge >= 0.3 is 0 Å². The Morgan fingerprint density at radius 3 is 2.36 bits per heavy atom. The number of carbonyl (C=O) groups is 2. The van der Waals surface area contributed by atoms with E-state index in [0.717, 1.165) is 11.1 Å². The summed E-state index contributed by atoms with van der Waals surface area (Å²) in [7, 11) is -4.13. The molecule has 0 spiro atoms. The highest BCUT2D eigenvalue weighted by Crippen LogP contribution is 2.29. The molecule has 3 rings (SSSR count). The number of aliphatic hydroxyl groups is 1. The molecule has 0 saturated carbocycles. The molecule has 1 aliphatic rings. The third kappa shape index (κ3) is 3.67. The number of rotatable bonds is 5. The predicted octanol–water partition coefficient (Wildman–Crippen LogP) is 3.06. The van der Waals surface area contributed by atoms with Crippen molar-refractivity contribution in [2.45, 2.75) is 24.2 Å². The highest BCUT2D eigenvalue weighted by atomic mass is 32.2. The van der Waals surface area contributed by atoms with Gasteiger partial charge in [0.05, 0.1) is 16.2 Å². The van der Waals surface area contributed by atoms with Crippen LogP contribution >= 0.6 is 0 Å². The lowest BCUT2D eigenvalue weighted by Gasteiger charge is -2.17. The number of hydrogen-bond donors (Lipinski definition) is 2. The van der Waals surface area contributed by atoms with Crippen molar-refractivity contribution in [3.63, 3.8) is 0 Å². The lowest BCUT2D eigenvalue weighted by atomic mass is 9.86. The number of primary sulfonamides is 1. The van der Waals surface area contributed by atoms with Gasteiger partial charge in [-0.1, -0.05) is 49.9 Å². The minimum Gasteiger partial charge on any atom is -0.512 e. The molecule has 28 heavy (non-hydrogen) atoms. The zero-order chi connectivity index (χ0) is 20.6. The number of ketones is 2. The molecule has 0 aromatic heterocycles. The van der Waals surface area contributed by atoms with E-state index in [4.69, 9.17) is 5.14 Å². The number of benzene rings is 2. The molecule has 0 radical (unpaired) electrons. The number of hydrogen-bond acceptors (Lipinski definition) is 5. The van der Waals surface area contributed by atoms with Crippen LogP contribution in [0.5, 0.6) is 0 Å². The molecule has 0 bridgehead atoms. The van der Waals surface area contributed by atoms with Gasteiger partial charge in [-0.05, 0) is 23.3 Å². The van der Waals surface area contributed by atoms with Crippen molar-refractivity contribution in [3.05, 3.63) is 88.7 Å². The number of fused-ring (bicyclic) bond motifs is 1. The van der Waals surface area contributed by atoms with Crippen molar-refractivity contribution in [1.82, 2.24) is 0 Å². The Bertz CT molecular complexity index is 1130. The van der Waals surface area contributed by atoms with E-state index in [9.17, 15) is 23.1 Å². The molecule has 2 aromatic carbocycles. The van der Waals surface area contributed by atoms with Crippen molar-refractivity contribution in [2.75, 3.05) is 0 Å². The second kappa shape index (κ2) is 7.18. The van der Waals surface area contributed by atoms with E-state index in [1.54, 1.807) is 0 Å². The van der Waals surface area contributed by atoms with Crippen LogP contribution in [0, 0.1) is 0 Å². The summed E-state index contributed by atoms with van der Waals surface area (Å²) in [5.41, 5.74) is 1.81. The van der Waals surface area contributed by atoms with Gasteiger partial charge in [-0.3, -0.25) is 9.59 Å². The predicted molar refractivity (Wildman–Crippen MR) is 105 cm³/mol. The minimum absolute atomic E-state index is 0.0378. The lowest BCUT2D eigenvalue weighted by molar-refractivity contribution is 0.0980. The molecule has 0 amide bonds. The summed E-state index contributed by atoms with van der Waals surface area (Å²) in [4.78, 5) is 25.0. The van der Waals surface area contributed by atoms with Crippen LogP contribution in [0.15, 0.2) is 71.3 Å². The van der Waals surface area contributed by atoms with E-state index in [2.05, 4.69) is 6.58 Å². The Labute approximate surface area is 163 Å². The fraction of sp³-hybridized carbons (Fsp3) is 0.143. The first-order valence-electron chi connectivity index (χ1n) is 8.51. The van der Waals surface area contributed by atoms with Gasteiger partial charge in [-0.15, -0.1) is 0 Å². The Balaban J connectivity index is 1.93. The van der Waals surface area contributed by atoms with Gasteiger partial charge in [-0.25, -0.2) is 13.6 Å². The summed E-state index contributed by atoms with van der Waals surface area (Å²) < 4.78 is 23.5. The molecule has 144 valence electrons. The molecule has 1 aliphatic carbocycles. The van der Waals surface area contributed by atoms with Gasteiger partial charge in [0.15, 0.2) is 11.6 Å². The van der Waals surface area contributed by atoms with Gasteiger partial charge in [0.1, 0.15) is 0 Å². The van der Waals surface area contributed by atoms with Crippen LogP contribution in [0.4, 0.5) is 0 Å². The van der Waals surface area contributed by atoms with Gasteiger partial charge < -0.3 is 5.11 Å². The van der Waals surface area contributed by atoms with E-state index in [1.165, 1.54) is 24.3 Å². The Hall–Kier alpha value is -3.03. The van der Waals surface area contributed by atoms with Gasteiger partial charge in [0.25, 0.3) is 0 Å². The highest BCUT2D eigenvalue weighted by molar-refractivity contribution is 7.89. The van der Waals surface area contributed by atoms with Gasteiger partial charge in [0, 0.05) is 23.5 Å². The average molecular weight is 397 g/mol. The van der Waals surface area contributed by atoms with E-state index in [0.29, 0.717) is 0 Å². The third-order valence-corrected chi connectivity index (χ3v) is 5.75. The van der Waals surface area contributed by atoms with Crippen molar-refractivity contribution in [3.8, 4) is 0 Å². The minimum atomic E-state index is -4.13. The molecule has 6 nitrogen and oxygen atoms in total. The quantitative estimate of drug-likeness (QED) is 0.753. The molecule has 0 heterocycles. The van der Waals surface area contributed by atoms with E-state index in [-0.39, 0.29) is 39.7 Å². The number of sulfonamides is 1. The fourth-order valence-electron chi connectivity index (χ4n) is 3.15. The molecule has 0 saturated heterocycles. The Morgan fingerprint density at radius 2 is 1.79 bits per heavy atom. The molecular weight excluding hydrogens is 378 g/mol. The normalized spacial score (nSPS) is 15.0. The zero-order valence-corrected chi connectivity index (χ0v) is 16.0. The maximum atomic E-state index is 12.8. The average Bonchev–Trinajstić information content (AvgIpc) is 2.64. The van der Waals surface area contributed by atoms with Crippen LogP contribution in [-0.4, -0.2) is 25.1 Å². The number of carbonyl (C=O) groups excluding carboxylic acids is 2. The van der Waals surface area contributed by atoms with Crippen LogP contribution in [0.3, 0.4) is 0 Å². The summed E-state index contributed by atoms with van der Waals surface area (Å²) >= 11 is 0. The van der Waals surface area contributed by atoms with Crippen LogP contribution in [-0.2, 0) is 16.4 Å². The SMILES string of the molecule is C=C(O)[C@H](C)c1ccc(CC2=CC(=O)c3c(cccc3S(N)(=O)=O)C2=O)cc1. The van der Waals surface area contributed by atoms with Crippen molar-refractivity contribution >= 4 is 21.6 Å². The molecular formula is C21H19NO5S. The summed E-state index contributed by atoms with van der Waals surface area (Å²) in [6.45, 7) is 5.35. The number of Topliss-reactive ketones (excluding diaryl/α,β-unsaturated/α-hetero) is 1. The fourth-order valence-corrected chi connectivity index (χ4v) is 3.91. The molecule has 0 fully saturated rings. The largest absolute Gasteiger partial charge is 0.512 e. The first kappa shape index (κ1) is 19.7. The summed E-state index contributed by atoms with van der Waals surface area (Å²) in [6.07, 6.45) is 1.39. The molecule has 3 N–H and O–H groups in total. The summed E-state index contributed by atoms with van der Waals surface area (Å²) in [5.74, 6) is -1.11. The monoisotopic (exact) mass is 397 g/mol. The first-order chi connectivity index (χ1) is 13.1. The second-order valence-corrected chi connectivity index (χ2v) is 8.25. The van der Waals surface area contributed by atoms with Gasteiger partial charge in [0.2, 0.25) is 10.0 Å². The molecule has 1 atom stereocenters. The molecule has 7 heteroatoms.